The molecule has 0 unspecified atom stereocenters. The minimum atomic E-state index is -0.873. The molecular formula is C13H17FO3. The first kappa shape index (κ1) is 13.5. The number of hydrogen-bond acceptors (Lipinski definition) is 2. The fraction of sp³-hybridized carbons (Fsp3) is 0.462. The van der Waals surface area contributed by atoms with Gasteiger partial charge in [-0.05, 0) is 29.5 Å². The highest BCUT2D eigenvalue weighted by atomic mass is 19.1. The molecule has 0 amide bonds. The van der Waals surface area contributed by atoms with Gasteiger partial charge in [-0.2, -0.15) is 0 Å². The fourth-order valence-electron chi connectivity index (χ4n) is 1.69. The first-order valence-electron chi connectivity index (χ1n) is 5.53. The maximum atomic E-state index is 13.7. The lowest BCUT2D eigenvalue weighted by atomic mass is 9.97. The highest BCUT2D eigenvalue weighted by Crippen LogP contribution is 2.28. The number of benzene rings is 1. The average molecular weight is 240 g/mol. The van der Waals surface area contributed by atoms with Crippen molar-refractivity contribution in [2.24, 2.45) is 0 Å². The molecule has 0 aliphatic heterocycles. The third kappa shape index (κ3) is 3.44. The Labute approximate surface area is 100 Å². The monoisotopic (exact) mass is 240 g/mol. The largest absolute Gasteiger partial charge is 0.496 e. The summed E-state index contributed by atoms with van der Waals surface area (Å²) in [6, 6.07) is 3.02. The van der Waals surface area contributed by atoms with E-state index in [1.807, 2.05) is 13.8 Å². The molecule has 0 spiro atoms. The number of carboxylic acid groups (broad SMARTS) is 1. The highest BCUT2D eigenvalue weighted by Gasteiger charge is 2.13. The molecule has 94 valence electrons. The number of hydrogen-bond donors (Lipinski definition) is 1. The van der Waals surface area contributed by atoms with Gasteiger partial charge in [0.2, 0.25) is 0 Å². The van der Waals surface area contributed by atoms with Crippen LogP contribution >= 0.6 is 0 Å². The Kier molecular flexibility index (Phi) is 4.49. The van der Waals surface area contributed by atoms with Gasteiger partial charge in [-0.1, -0.05) is 13.8 Å². The van der Waals surface area contributed by atoms with E-state index in [0.29, 0.717) is 17.7 Å². The molecule has 0 saturated carbocycles. The molecule has 0 heterocycles. The molecule has 0 bridgehead atoms. The third-order valence-electron chi connectivity index (χ3n) is 2.63. The Hall–Kier alpha value is -1.58. The van der Waals surface area contributed by atoms with Crippen molar-refractivity contribution in [3.05, 3.63) is 29.1 Å². The Morgan fingerprint density at radius 1 is 1.47 bits per heavy atom. The van der Waals surface area contributed by atoms with E-state index >= 15 is 0 Å². The van der Waals surface area contributed by atoms with Gasteiger partial charge in [0.1, 0.15) is 11.6 Å². The van der Waals surface area contributed by atoms with E-state index < -0.39 is 5.97 Å². The number of ether oxygens (including phenoxy) is 1. The van der Waals surface area contributed by atoms with Crippen molar-refractivity contribution in [3.63, 3.8) is 0 Å². The van der Waals surface area contributed by atoms with Gasteiger partial charge < -0.3 is 9.84 Å². The normalized spacial score (nSPS) is 10.6. The Morgan fingerprint density at radius 3 is 2.59 bits per heavy atom. The van der Waals surface area contributed by atoms with Crippen molar-refractivity contribution in [2.75, 3.05) is 7.11 Å². The number of methoxy groups -OCH3 is 1. The molecule has 1 N–H and O–H groups in total. The predicted molar refractivity (Wildman–Crippen MR) is 63.0 cm³/mol. The lowest BCUT2D eigenvalue weighted by molar-refractivity contribution is -0.136. The molecule has 1 rings (SSSR count). The first-order valence-corrected chi connectivity index (χ1v) is 5.53. The molecule has 0 saturated heterocycles. The summed E-state index contributed by atoms with van der Waals surface area (Å²) in [5, 5.41) is 8.66. The van der Waals surface area contributed by atoms with Gasteiger partial charge in [0.15, 0.2) is 0 Å². The molecule has 1 aromatic rings. The van der Waals surface area contributed by atoms with Crippen LogP contribution in [0.15, 0.2) is 12.1 Å². The molecule has 1 aromatic carbocycles. The molecule has 0 fully saturated rings. The van der Waals surface area contributed by atoms with Gasteiger partial charge in [-0.3, -0.25) is 4.79 Å². The zero-order chi connectivity index (χ0) is 13.0. The van der Waals surface area contributed by atoms with Crippen molar-refractivity contribution in [1.29, 1.82) is 0 Å². The average Bonchev–Trinajstić information content (AvgIpc) is 2.26. The van der Waals surface area contributed by atoms with Gasteiger partial charge in [0.25, 0.3) is 0 Å². The van der Waals surface area contributed by atoms with E-state index in [1.165, 1.54) is 13.2 Å². The zero-order valence-electron chi connectivity index (χ0n) is 10.3. The second-order valence-electron chi connectivity index (χ2n) is 4.23. The molecular weight excluding hydrogens is 223 g/mol. The Morgan fingerprint density at radius 2 is 2.12 bits per heavy atom. The van der Waals surface area contributed by atoms with Crippen LogP contribution in [0.1, 0.15) is 37.3 Å². The van der Waals surface area contributed by atoms with E-state index in [0.717, 1.165) is 5.56 Å². The van der Waals surface area contributed by atoms with Crippen molar-refractivity contribution < 1.29 is 19.0 Å². The predicted octanol–water partition coefficient (Wildman–Crippen LogP) is 2.97. The molecule has 0 aliphatic carbocycles. The summed E-state index contributed by atoms with van der Waals surface area (Å²) in [7, 11) is 1.45. The maximum Gasteiger partial charge on any atom is 0.303 e. The highest BCUT2D eigenvalue weighted by molar-refractivity contribution is 5.67. The molecule has 0 radical (unpaired) electrons. The summed E-state index contributed by atoms with van der Waals surface area (Å²) in [5.74, 6) is -0.712. The van der Waals surface area contributed by atoms with Crippen molar-refractivity contribution >= 4 is 5.97 Å². The SMILES string of the molecule is COc1cc(F)c(C(C)C)cc1CCC(=O)O. The van der Waals surface area contributed by atoms with E-state index in [4.69, 9.17) is 9.84 Å². The smallest absolute Gasteiger partial charge is 0.303 e. The van der Waals surface area contributed by atoms with Crippen LogP contribution in [0, 0.1) is 5.82 Å². The molecule has 4 heteroatoms. The zero-order valence-corrected chi connectivity index (χ0v) is 10.3. The number of rotatable bonds is 5. The lowest BCUT2D eigenvalue weighted by Gasteiger charge is -2.13. The minimum Gasteiger partial charge on any atom is -0.496 e. The standard InChI is InChI=1S/C13H17FO3/c1-8(2)10-6-9(4-5-13(15)16)12(17-3)7-11(10)14/h6-8H,4-5H2,1-3H3,(H,15,16). The van der Waals surface area contributed by atoms with Crippen LogP contribution in [0.5, 0.6) is 5.75 Å². The first-order chi connectivity index (χ1) is 7.95. The molecule has 0 aromatic heterocycles. The second-order valence-corrected chi connectivity index (χ2v) is 4.23. The summed E-state index contributed by atoms with van der Waals surface area (Å²) >= 11 is 0. The van der Waals surface area contributed by atoms with Crippen LogP contribution in [0.25, 0.3) is 0 Å². The summed E-state index contributed by atoms with van der Waals surface area (Å²) in [5.41, 5.74) is 1.33. The van der Waals surface area contributed by atoms with Gasteiger partial charge in [0.05, 0.1) is 7.11 Å². The molecule has 17 heavy (non-hydrogen) atoms. The van der Waals surface area contributed by atoms with Crippen LogP contribution in [0.3, 0.4) is 0 Å². The van der Waals surface area contributed by atoms with E-state index in [1.54, 1.807) is 6.07 Å². The molecule has 0 atom stereocenters. The molecule has 3 nitrogen and oxygen atoms in total. The Bertz CT molecular complexity index is 413. The van der Waals surface area contributed by atoms with Crippen LogP contribution in [0.2, 0.25) is 0 Å². The van der Waals surface area contributed by atoms with Crippen LogP contribution in [-0.4, -0.2) is 18.2 Å². The summed E-state index contributed by atoms with van der Waals surface area (Å²) in [6.45, 7) is 3.79. The number of aliphatic carboxylic acids is 1. The van der Waals surface area contributed by atoms with Crippen molar-refractivity contribution in [2.45, 2.75) is 32.6 Å². The van der Waals surface area contributed by atoms with Crippen LogP contribution in [-0.2, 0) is 11.2 Å². The number of halogens is 1. The van der Waals surface area contributed by atoms with E-state index in [-0.39, 0.29) is 18.2 Å². The quantitative estimate of drug-likeness (QED) is 0.860. The van der Waals surface area contributed by atoms with Gasteiger partial charge in [0, 0.05) is 12.5 Å². The second kappa shape index (κ2) is 5.66. The van der Waals surface area contributed by atoms with Crippen molar-refractivity contribution in [1.82, 2.24) is 0 Å². The third-order valence-corrected chi connectivity index (χ3v) is 2.63. The van der Waals surface area contributed by atoms with Gasteiger partial charge in [-0.25, -0.2) is 4.39 Å². The topological polar surface area (TPSA) is 46.5 Å². The van der Waals surface area contributed by atoms with Gasteiger partial charge in [-0.15, -0.1) is 0 Å². The summed E-state index contributed by atoms with van der Waals surface area (Å²) in [6.07, 6.45) is 0.359. The Balaban J connectivity index is 3.07. The van der Waals surface area contributed by atoms with Crippen LogP contribution in [0.4, 0.5) is 4.39 Å². The summed E-state index contributed by atoms with van der Waals surface area (Å²) < 4.78 is 18.7. The lowest BCUT2D eigenvalue weighted by Crippen LogP contribution is -2.03. The number of aryl methyl sites for hydroxylation is 1. The number of carbonyl (C=O) groups is 1. The fourth-order valence-corrected chi connectivity index (χ4v) is 1.69. The summed E-state index contributed by atoms with van der Waals surface area (Å²) in [4.78, 5) is 10.5. The van der Waals surface area contributed by atoms with Crippen molar-refractivity contribution in [3.8, 4) is 5.75 Å². The molecule has 0 aliphatic rings. The van der Waals surface area contributed by atoms with Gasteiger partial charge >= 0.3 is 5.97 Å². The number of carboxylic acids is 1. The maximum absolute atomic E-state index is 13.7. The van der Waals surface area contributed by atoms with E-state index in [9.17, 15) is 9.18 Å². The van der Waals surface area contributed by atoms with Crippen LogP contribution < -0.4 is 4.74 Å². The minimum absolute atomic E-state index is 0.0134. The van der Waals surface area contributed by atoms with E-state index in [2.05, 4.69) is 0 Å².